The van der Waals surface area contributed by atoms with E-state index in [-0.39, 0.29) is 5.91 Å². The Bertz CT molecular complexity index is 465. The monoisotopic (exact) mass is 374 g/mol. The lowest BCUT2D eigenvalue weighted by Crippen LogP contribution is -2.30. The van der Waals surface area contributed by atoms with Crippen LogP contribution in [0.2, 0.25) is 0 Å². The third-order valence-electron chi connectivity index (χ3n) is 3.47. The molecule has 1 heterocycles. The van der Waals surface area contributed by atoms with Crippen molar-refractivity contribution >= 4 is 28.5 Å². The number of carbonyl (C=O) groups excluding carboxylic acids is 1. The van der Waals surface area contributed by atoms with E-state index in [0.717, 1.165) is 40.9 Å². The minimum atomic E-state index is 0.130. The average Bonchev–Trinajstić information content (AvgIpc) is 2.87. The van der Waals surface area contributed by atoms with E-state index in [1.807, 2.05) is 30.1 Å². The summed E-state index contributed by atoms with van der Waals surface area (Å²) in [5, 5.41) is 3.18. The van der Waals surface area contributed by atoms with Crippen LogP contribution in [0.5, 0.6) is 5.75 Å². The van der Waals surface area contributed by atoms with Crippen LogP contribution in [-0.2, 0) is 0 Å². The number of ether oxygens (including phenoxy) is 1. The van der Waals surface area contributed by atoms with Gasteiger partial charge in [0.25, 0.3) is 5.91 Å². The van der Waals surface area contributed by atoms with Gasteiger partial charge in [0.1, 0.15) is 5.75 Å². The van der Waals surface area contributed by atoms with Gasteiger partial charge in [-0.05, 0) is 66.7 Å². The van der Waals surface area contributed by atoms with Crippen molar-refractivity contribution in [2.45, 2.75) is 6.42 Å². The Hall–Kier alpha value is -0.820. The fraction of sp³-hybridized carbons (Fsp3) is 0.500. The zero-order chi connectivity index (χ0) is 13.8. The van der Waals surface area contributed by atoms with Gasteiger partial charge in [-0.1, -0.05) is 0 Å². The Balaban J connectivity index is 2.08. The standard InChI is InChI=1S/C14H19IN2O2/c1-16-8-10-5-6-17(9-10)14(18)12-4-3-11(19-2)7-13(12)15/h3-4,7,10,16H,5-6,8-9H2,1-2H3. The maximum absolute atomic E-state index is 12.5. The number of amides is 1. The Morgan fingerprint density at radius 1 is 1.58 bits per heavy atom. The predicted octanol–water partition coefficient (Wildman–Crippen LogP) is 1.98. The molecule has 0 aromatic heterocycles. The van der Waals surface area contributed by atoms with Crippen LogP contribution in [0.25, 0.3) is 0 Å². The summed E-state index contributed by atoms with van der Waals surface area (Å²) < 4.78 is 6.11. The summed E-state index contributed by atoms with van der Waals surface area (Å²) in [6.07, 6.45) is 1.08. The lowest BCUT2D eigenvalue weighted by atomic mass is 10.1. The lowest BCUT2D eigenvalue weighted by molar-refractivity contribution is 0.0786. The van der Waals surface area contributed by atoms with Crippen molar-refractivity contribution in [2.24, 2.45) is 5.92 Å². The number of nitrogens with one attached hydrogen (secondary N) is 1. The van der Waals surface area contributed by atoms with Crippen LogP contribution >= 0.6 is 22.6 Å². The maximum atomic E-state index is 12.5. The Morgan fingerprint density at radius 2 is 2.37 bits per heavy atom. The van der Waals surface area contributed by atoms with Crippen LogP contribution in [-0.4, -0.2) is 44.6 Å². The van der Waals surface area contributed by atoms with Gasteiger partial charge in [-0.2, -0.15) is 0 Å². The molecule has 1 aromatic carbocycles. The third kappa shape index (κ3) is 3.39. The van der Waals surface area contributed by atoms with Crippen molar-refractivity contribution in [2.75, 3.05) is 33.8 Å². The third-order valence-corrected chi connectivity index (χ3v) is 4.37. The number of carbonyl (C=O) groups is 1. The van der Waals surface area contributed by atoms with Crippen molar-refractivity contribution in [3.8, 4) is 5.75 Å². The first-order chi connectivity index (χ1) is 9.15. The van der Waals surface area contributed by atoms with E-state index in [2.05, 4.69) is 27.9 Å². The summed E-state index contributed by atoms with van der Waals surface area (Å²) in [6.45, 7) is 2.68. The number of methoxy groups -OCH3 is 1. The van der Waals surface area contributed by atoms with Crippen LogP contribution in [0.1, 0.15) is 16.8 Å². The zero-order valence-electron chi connectivity index (χ0n) is 11.3. The molecule has 1 unspecified atom stereocenters. The van der Waals surface area contributed by atoms with E-state index in [9.17, 15) is 4.79 Å². The molecular weight excluding hydrogens is 355 g/mol. The number of halogens is 1. The average molecular weight is 374 g/mol. The van der Waals surface area contributed by atoms with Crippen LogP contribution < -0.4 is 10.1 Å². The van der Waals surface area contributed by atoms with Gasteiger partial charge in [0.15, 0.2) is 0 Å². The van der Waals surface area contributed by atoms with E-state index in [0.29, 0.717) is 5.92 Å². The lowest BCUT2D eigenvalue weighted by Gasteiger charge is -2.17. The molecule has 1 atom stereocenters. The summed E-state index contributed by atoms with van der Waals surface area (Å²) in [7, 11) is 3.59. The van der Waals surface area contributed by atoms with Crippen molar-refractivity contribution < 1.29 is 9.53 Å². The molecule has 104 valence electrons. The molecule has 2 rings (SSSR count). The van der Waals surface area contributed by atoms with Gasteiger partial charge in [0, 0.05) is 16.7 Å². The van der Waals surface area contributed by atoms with Gasteiger partial charge >= 0.3 is 0 Å². The zero-order valence-corrected chi connectivity index (χ0v) is 13.4. The largest absolute Gasteiger partial charge is 0.497 e. The highest BCUT2D eigenvalue weighted by atomic mass is 127. The first kappa shape index (κ1) is 14.6. The van der Waals surface area contributed by atoms with Crippen molar-refractivity contribution in [1.29, 1.82) is 0 Å². The molecule has 1 N–H and O–H groups in total. The molecule has 0 spiro atoms. The van der Waals surface area contributed by atoms with E-state index in [1.54, 1.807) is 7.11 Å². The van der Waals surface area contributed by atoms with Gasteiger partial charge in [0.05, 0.1) is 12.7 Å². The molecule has 1 aliphatic rings. The van der Waals surface area contributed by atoms with Gasteiger partial charge in [0.2, 0.25) is 0 Å². The minimum absolute atomic E-state index is 0.130. The summed E-state index contributed by atoms with van der Waals surface area (Å²) in [6, 6.07) is 5.60. The number of hydrogen-bond donors (Lipinski definition) is 1. The maximum Gasteiger partial charge on any atom is 0.254 e. The van der Waals surface area contributed by atoms with Crippen molar-refractivity contribution in [3.63, 3.8) is 0 Å². The smallest absolute Gasteiger partial charge is 0.254 e. The molecule has 1 aliphatic heterocycles. The predicted molar refractivity (Wildman–Crippen MR) is 83.6 cm³/mol. The number of likely N-dealkylation sites (tertiary alicyclic amines) is 1. The quantitative estimate of drug-likeness (QED) is 0.820. The molecule has 19 heavy (non-hydrogen) atoms. The first-order valence-electron chi connectivity index (χ1n) is 6.43. The van der Waals surface area contributed by atoms with Crippen LogP contribution in [0.4, 0.5) is 0 Å². The molecule has 1 aromatic rings. The fourth-order valence-corrected chi connectivity index (χ4v) is 3.16. The molecular formula is C14H19IN2O2. The van der Waals surface area contributed by atoms with E-state index in [4.69, 9.17) is 4.74 Å². The molecule has 4 nitrogen and oxygen atoms in total. The number of benzene rings is 1. The van der Waals surface area contributed by atoms with Gasteiger partial charge < -0.3 is 15.0 Å². The van der Waals surface area contributed by atoms with Gasteiger partial charge in [-0.25, -0.2) is 0 Å². The Kier molecular flexibility index (Phi) is 5.04. The van der Waals surface area contributed by atoms with E-state index >= 15 is 0 Å². The molecule has 0 radical (unpaired) electrons. The molecule has 0 saturated carbocycles. The summed E-state index contributed by atoms with van der Waals surface area (Å²) in [5.74, 6) is 1.49. The first-order valence-corrected chi connectivity index (χ1v) is 7.51. The topological polar surface area (TPSA) is 41.6 Å². The molecule has 1 saturated heterocycles. The highest BCUT2D eigenvalue weighted by Crippen LogP contribution is 2.23. The SMILES string of the molecule is CNCC1CCN(C(=O)c2ccc(OC)cc2I)C1. The summed E-state index contributed by atoms with van der Waals surface area (Å²) in [4.78, 5) is 14.4. The number of hydrogen-bond acceptors (Lipinski definition) is 3. The Labute approximate surface area is 127 Å². The van der Waals surface area contributed by atoms with Crippen molar-refractivity contribution in [1.82, 2.24) is 10.2 Å². The molecule has 0 aliphatic carbocycles. The molecule has 1 fully saturated rings. The molecule has 5 heteroatoms. The summed E-state index contributed by atoms with van der Waals surface area (Å²) >= 11 is 2.19. The van der Waals surface area contributed by atoms with Gasteiger partial charge in [-0.15, -0.1) is 0 Å². The van der Waals surface area contributed by atoms with E-state index < -0.39 is 0 Å². The normalized spacial score (nSPS) is 18.7. The molecule has 0 bridgehead atoms. The highest BCUT2D eigenvalue weighted by molar-refractivity contribution is 14.1. The van der Waals surface area contributed by atoms with Crippen LogP contribution in [0.15, 0.2) is 18.2 Å². The highest BCUT2D eigenvalue weighted by Gasteiger charge is 2.27. The second-order valence-corrected chi connectivity index (χ2v) is 5.97. The van der Waals surface area contributed by atoms with Gasteiger partial charge in [-0.3, -0.25) is 4.79 Å². The number of rotatable bonds is 4. The minimum Gasteiger partial charge on any atom is -0.497 e. The number of nitrogens with zero attached hydrogens (tertiary/aromatic N) is 1. The van der Waals surface area contributed by atoms with E-state index in [1.165, 1.54) is 0 Å². The second kappa shape index (κ2) is 6.56. The van der Waals surface area contributed by atoms with Crippen LogP contribution in [0, 0.1) is 9.49 Å². The van der Waals surface area contributed by atoms with Crippen molar-refractivity contribution in [3.05, 3.63) is 27.3 Å². The van der Waals surface area contributed by atoms with Crippen LogP contribution in [0.3, 0.4) is 0 Å². The fourth-order valence-electron chi connectivity index (χ4n) is 2.44. The molecule has 1 amide bonds. The summed E-state index contributed by atoms with van der Waals surface area (Å²) in [5.41, 5.74) is 0.770. The second-order valence-electron chi connectivity index (χ2n) is 4.81. The Morgan fingerprint density at radius 3 is 3.00 bits per heavy atom.